The molecular formula is C12H18BrNO4S. The van der Waals surface area contributed by atoms with Crippen LogP contribution in [0.4, 0.5) is 5.69 Å². The van der Waals surface area contributed by atoms with E-state index in [-0.39, 0.29) is 18.5 Å². The molecule has 1 aromatic rings. The summed E-state index contributed by atoms with van der Waals surface area (Å²) in [6.07, 6.45) is 0.00982. The number of halogens is 1. The molecule has 19 heavy (non-hydrogen) atoms. The summed E-state index contributed by atoms with van der Waals surface area (Å²) in [7, 11) is -1.97. The second kappa shape index (κ2) is 7.12. The lowest BCUT2D eigenvalue weighted by Crippen LogP contribution is -2.21. The second-order valence-electron chi connectivity index (χ2n) is 4.19. The fourth-order valence-electron chi connectivity index (χ4n) is 1.37. The zero-order chi connectivity index (χ0) is 14.5. The van der Waals surface area contributed by atoms with Crippen molar-refractivity contribution in [1.82, 2.24) is 0 Å². The summed E-state index contributed by atoms with van der Waals surface area (Å²) in [5.41, 5.74) is 0.404. The molecule has 7 heteroatoms. The standard InChI is InChI=1S/C12H18BrNO4S/c1-9(2)18-6-7-19(15,16)14-11-8-10(13)4-5-12(11)17-3/h4-5,8-9,14H,6-7H2,1-3H3. The maximum atomic E-state index is 11.9. The third kappa shape index (κ3) is 5.80. The highest BCUT2D eigenvalue weighted by atomic mass is 79.9. The van der Waals surface area contributed by atoms with E-state index in [4.69, 9.17) is 9.47 Å². The minimum absolute atomic E-state index is 0.00982. The first kappa shape index (κ1) is 16.3. The summed E-state index contributed by atoms with van der Waals surface area (Å²) in [5, 5.41) is 0. The number of sulfonamides is 1. The van der Waals surface area contributed by atoms with Gasteiger partial charge in [0.2, 0.25) is 10.0 Å². The SMILES string of the molecule is COc1ccc(Br)cc1NS(=O)(=O)CCOC(C)C. The number of methoxy groups -OCH3 is 1. The van der Waals surface area contributed by atoms with E-state index in [1.54, 1.807) is 18.2 Å². The molecule has 0 atom stereocenters. The molecule has 0 saturated heterocycles. The average molecular weight is 352 g/mol. The van der Waals surface area contributed by atoms with Crippen LogP contribution in [0.5, 0.6) is 5.75 Å². The van der Waals surface area contributed by atoms with Crippen LogP contribution >= 0.6 is 15.9 Å². The second-order valence-corrected chi connectivity index (χ2v) is 6.94. The van der Waals surface area contributed by atoms with Crippen LogP contribution in [0.3, 0.4) is 0 Å². The fraction of sp³-hybridized carbons (Fsp3) is 0.500. The van der Waals surface area contributed by atoms with Gasteiger partial charge in [0.25, 0.3) is 0 Å². The topological polar surface area (TPSA) is 64.6 Å². The van der Waals surface area contributed by atoms with E-state index in [0.717, 1.165) is 4.47 Å². The number of rotatable bonds is 7. The highest BCUT2D eigenvalue weighted by Gasteiger charge is 2.14. The zero-order valence-corrected chi connectivity index (χ0v) is 13.5. The number of ether oxygens (including phenoxy) is 2. The van der Waals surface area contributed by atoms with Crippen molar-refractivity contribution in [3.05, 3.63) is 22.7 Å². The Hall–Kier alpha value is -0.790. The Morgan fingerprint density at radius 3 is 2.63 bits per heavy atom. The van der Waals surface area contributed by atoms with E-state index in [2.05, 4.69) is 20.7 Å². The average Bonchev–Trinajstić information content (AvgIpc) is 2.27. The van der Waals surface area contributed by atoms with Gasteiger partial charge in [-0.05, 0) is 32.0 Å². The minimum atomic E-state index is -3.46. The van der Waals surface area contributed by atoms with Gasteiger partial charge in [0.05, 0.1) is 31.3 Å². The lowest BCUT2D eigenvalue weighted by Gasteiger charge is -2.13. The molecule has 1 aromatic carbocycles. The summed E-state index contributed by atoms with van der Waals surface area (Å²) >= 11 is 3.29. The molecule has 0 bridgehead atoms. The van der Waals surface area contributed by atoms with Gasteiger partial charge in [-0.1, -0.05) is 15.9 Å². The largest absolute Gasteiger partial charge is 0.495 e. The Morgan fingerprint density at radius 1 is 1.37 bits per heavy atom. The molecule has 0 aromatic heterocycles. The molecule has 1 N–H and O–H groups in total. The Kier molecular flexibility index (Phi) is 6.09. The van der Waals surface area contributed by atoms with Gasteiger partial charge in [-0.3, -0.25) is 4.72 Å². The Bertz CT molecular complexity index is 516. The summed E-state index contributed by atoms with van der Waals surface area (Å²) in [4.78, 5) is 0. The van der Waals surface area contributed by atoms with Crippen LogP contribution in [0.2, 0.25) is 0 Å². The molecule has 0 spiro atoms. The predicted molar refractivity (Wildman–Crippen MR) is 79.2 cm³/mol. The smallest absolute Gasteiger partial charge is 0.235 e. The number of hydrogen-bond donors (Lipinski definition) is 1. The van der Waals surface area contributed by atoms with E-state index in [0.29, 0.717) is 11.4 Å². The molecule has 5 nitrogen and oxygen atoms in total. The molecule has 0 radical (unpaired) electrons. The maximum absolute atomic E-state index is 11.9. The van der Waals surface area contributed by atoms with Crippen LogP contribution in [0.25, 0.3) is 0 Å². The maximum Gasteiger partial charge on any atom is 0.235 e. The van der Waals surface area contributed by atoms with Crippen LogP contribution in [0.1, 0.15) is 13.8 Å². The first-order valence-corrected chi connectivity index (χ1v) is 8.24. The van der Waals surface area contributed by atoms with Crippen molar-refractivity contribution in [2.24, 2.45) is 0 Å². The van der Waals surface area contributed by atoms with Crippen LogP contribution in [0, 0.1) is 0 Å². The van der Waals surface area contributed by atoms with E-state index in [1.807, 2.05) is 13.8 Å². The highest BCUT2D eigenvalue weighted by molar-refractivity contribution is 9.10. The van der Waals surface area contributed by atoms with Crippen LogP contribution in [-0.2, 0) is 14.8 Å². The monoisotopic (exact) mass is 351 g/mol. The van der Waals surface area contributed by atoms with E-state index < -0.39 is 10.0 Å². The van der Waals surface area contributed by atoms with Crippen molar-refractivity contribution in [1.29, 1.82) is 0 Å². The Labute approximate surface area is 122 Å². The van der Waals surface area contributed by atoms with E-state index >= 15 is 0 Å². The zero-order valence-electron chi connectivity index (χ0n) is 11.1. The van der Waals surface area contributed by atoms with Gasteiger partial charge in [0, 0.05) is 4.47 Å². The summed E-state index contributed by atoms with van der Waals surface area (Å²) in [6.45, 7) is 3.87. The highest BCUT2D eigenvalue weighted by Crippen LogP contribution is 2.28. The van der Waals surface area contributed by atoms with Crippen LogP contribution < -0.4 is 9.46 Å². The van der Waals surface area contributed by atoms with E-state index in [1.165, 1.54) is 7.11 Å². The van der Waals surface area contributed by atoms with Crippen molar-refractivity contribution < 1.29 is 17.9 Å². The molecule has 0 saturated carbocycles. The van der Waals surface area contributed by atoms with Gasteiger partial charge in [-0.25, -0.2) is 8.42 Å². The van der Waals surface area contributed by atoms with Crippen molar-refractivity contribution in [2.75, 3.05) is 24.2 Å². The molecule has 0 fully saturated rings. The Morgan fingerprint density at radius 2 is 2.05 bits per heavy atom. The van der Waals surface area contributed by atoms with Crippen molar-refractivity contribution in [3.8, 4) is 5.75 Å². The molecule has 0 aliphatic rings. The molecule has 0 unspecified atom stereocenters. The van der Waals surface area contributed by atoms with Gasteiger partial charge in [0.1, 0.15) is 5.75 Å². The van der Waals surface area contributed by atoms with Gasteiger partial charge in [0.15, 0.2) is 0 Å². The molecule has 0 aliphatic carbocycles. The van der Waals surface area contributed by atoms with Crippen molar-refractivity contribution in [3.63, 3.8) is 0 Å². The lowest BCUT2D eigenvalue weighted by atomic mass is 10.3. The van der Waals surface area contributed by atoms with Crippen molar-refractivity contribution in [2.45, 2.75) is 20.0 Å². The molecule has 0 aliphatic heterocycles. The van der Waals surface area contributed by atoms with Crippen LogP contribution in [-0.4, -0.2) is 34.0 Å². The number of hydrogen-bond acceptors (Lipinski definition) is 4. The molecule has 0 heterocycles. The summed E-state index contributed by atoms with van der Waals surface area (Å²) in [5.74, 6) is 0.373. The number of benzene rings is 1. The van der Waals surface area contributed by atoms with Gasteiger partial charge in [-0.15, -0.1) is 0 Å². The lowest BCUT2D eigenvalue weighted by molar-refractivity contribution is 0.0913. The first-order valence-electron chi connectivity index (χ1n) is 5.79. The quantitative estimate of drug-likeness (QED) is 0.819. The van der Waals surface area contributed by atoms with Gasteiger partial charge in [-0.2, -0.15) is 0 Å². The first-order chi connectivity index (χ1) is 8.84. The van der Waals surface area contributed by atoms with Gasteiger partial charge < -0.3 is 9.47 Å². The number of nitrogens with one attached hydrogen (secondary N) is 1. The fourth-order valence-corrected chi connectivity index (χ4v) is 2.65. The molecular weight excluding hydrogens is 334 g/mol. The van der Waals surface area contributed by atoms with Crippen molar-refractivity contribution >= 4 is 31.6 Å². The normalized spacial score (nSPS) is 11.6. The third-order valence-electron chi connectivity index (χ3n) is 2.23. The molecule has 0 amide bonds. The third-order valence-corrected chi connectivity index (χ3v) is 3.96. The number of anilines is 1. The predicted octanol–water partition coefficient (Wildman–Crippen LogP) is 2.62. The molecule has 1 rings (SSSR count). The van der Waals surface area contributed by atoms with Crippen LogP contribution in [0.15, 0.2) is 22.7 Å². The van der Waals surface area contributed by atoms with E-state index in [9.17, 15) is 8.42 Å². The Balaban J connectivity index is 2.74. The minimum Gasteiger partial charge on any atom is -0.495 e. The van der Waals surface area contributed by atoms with Gasteiger partial charge >= 0.3 is 0 Å². The summed E-state index contributed by atoms with van der Waals surface area (Å²) < 4.78 is 37.4. The summed E-state index contributed by atoms with van der Waals surface area (Å²) in [6, 6.07) is 5.12. The molecule has 108 valence electrons.